The van der Waals surface area contributed by atoms with Gasteiger partial charge >= 0.3 is 5.97 Å². The molecule has 1 fully saturated rings. The summed E-state index contributed by atoms with van der Waals surface area (Å²) in [7, 11) is 0. The van der Waals surface area contributed by atoms with Gasteiger partial charge in [0.2, 0.25) is 0 Å². The van der Waals surface area contributed by atoms with Crippen LogP contribution in [0.4, 0.5) is 11.4 Å². The van der Waals surface area contributed by atoms with Crippen LogP contribution in [0.1, 0.15) is 24.0 Å². The fraction of sp³-hybridized carbons (Fsp3) is 0.467. The molecule has 1 aromatic rings. The number of nitrogens with zero attached hydrogens (tertiary/aromatic N) is 1. The Hall–Kier alpha value is -2.48. The summed E-state index contributed by atoms with van der Waals surface area (Å²) in [5.74, 6) is -1.23. The lowest BCUT2D eigenvalue weighted by molar-refractivity contribution is -0.384. The van der Waals surface area contributed by atoms with Crippen molar-refractivity contribution in [3.8, 4) is 0 Å². The van der Waals surface area contributed by atoms with Gasteiger partial charge in [0, 0.05) is 12.7 Å². The molecule has 1 saturated heterocycles. The molecule has 0 bridgehead atoms. The number of carbonyl (C=O) groups is 2. The Balaban J connectivity index is 1.98. The highest BCUT2D eigenvalue weighted by Gasteiger charge is 2.26. The number of esters is 1. The zero-order valence-corrected chi connectivity index (χ0v) is 13.0. The zero-order valence-electron chi connectivity index (χ0n) is 13.0. The predicted molar refractivity (Wildman–Crippen MR) is 81.1 cm³/mol. The molecule has 0 aliphatic carbocycles. The number of amides is 1. The van der Waals surface area contributed by atoms with Crippen LogP contribution in [0.3, 0.4) is 0 Å². The van der Waals surface area contributed by atoms with Crippen molar-refractivity contribution in [2.24, 2.45) is 0 Å². The number of nitro groups is 1. The molecular formula is C15H18N2O6. The van der Waals surface area contributed by atoms with Crippen LogP contribution in [0.5, 0.6) is 0 Å². The second-order valence-corrected chi connectivity index (χ2v) is 5.37. The fourth-order valence-electron chi connectivity index (χ4n) is 2.23. The Morgan fingerprint density at radius 3 is 2.70 bits per heavy atom. The van der Waals surface area contributed by atoms with Crippen molar-refractivity contribution >= 4 is 23.3 Å². The quantitative estimate of drug-likeness (QED) is 0.504. The van der Waals surface area contributed by atoms with Gasteiger partial charge < -0.3 is 14.8 Å². The summed E-state index contributed by atoms with van der Waals surface area (Å²) in [4.78, 5) is 34.0. The van der Waals surface area contributed by atoms with Crippen LogP contribution in [0, 0.1) is 24.0 Å². The first kappa shape index (κ1) is 16.9. The Morgan fingerprint density at radius 2 is 2.09 bits per heavy atom. The number of hydrogen-bond donors (Lipinski definition) is 1. The molecule has 0 aromatic heterocycles. The van der Waals surface area contributed by atoms with E-state index < -0.39 is 29.5 Å². The maximum atomic E-state index is 11.9. The molecule has 1 aliphatic rings. The van der Waals surface area contributed by atoms with Gasteiger partial charge in [-0.25, -0.2) is 4.79 Å². The fourth-order valence-corrected chi connectivity index (χ4v) is 2.23. The molecule has 1 amide bonds. The number of nitrogens with one attached hydrogen (secondary N) is 1. The Labute approximate surface area is 132 Å². The standard InChI is InChI=1S/C15H18N2O6/c1-9-6-11(12(17(20)21)7-10(9)2)16-14(18)8-23-15(19)13-4-3-5-22-13/h6-7,13H,3-5,8H2,1-2H3,(H,16,18)/t13-/m0/s1. The van der Waals surface area contributed by atoms with Crippen molar-refractivity contribution in [2.45, 2.75) is 32.8 Å². The molecule has 124 valence electrons. The van der Waals surface area contributed by atoms with Gasteiger partial charge in [0.05, 0.1) is 4.92 Å². The van der Waals surface area contributed by atoms with Gasteiger partial charge in [-0.1, -0.05) is 0 Å². The zero-order chi connectivity index (χ0) is 17.0. The van der Waals surface area contributed by atoms with Crippen molar-refractivity contribution in [3.63, 3.8) is 0 Å². The lowest BCUT2D eigenvalue weighted by Crippen LogP contribution is -2.27. The molecule has 0 saturated carbocycles. The van der Waals surface area contributed by atoms with E-state index >= 15 is 0 Å². The molecule has 1 atom stereocenters. The number of nitro benzene ring substituents is 1. The van der Waals surface area contributed by atoms with E-state index in [0.29, 0.717) is 13.0 Å². The number of ether oxygens (including phenoxy) is 2. The topological polar surface area (TPSA) is 108 Å². The van der Waals surface area contributed by atoms with Crippen LogP contribution in [0.2, 0.25) is 0 Å². The van der Waals surface area contributed by atoms with E-state index in [1.807, 2.05) is 0 Å². The lowest BCUT2D eigenvalue weighted by Gasteiger charge is -2.11. The average Bonchev–Trinajstić information content (AvgIpc) is 3.02. The first-order valence-corrected chi connectivity index (χ1v) is 7.22. The van der Waals surface area contributed by atoms with Gasteiger partial charge in [-0.05, 0) is 43.9 Å². The molecule has 0 spiro atoms. The third-order valence-electron chi connectivity index (χ3n) is 3.62. The van der Waals surface area contributed by atoms with Crippen molar-refractivity contribution in [3.05, 3.63) is 33.4 Å². The number of carbonyl (C=O) groups excluding carboxylic acids is 2. The second-order valence-electron chi connectivity index (χ2n) is 5.37. The summed E-state index contributed by atoms with van der Waals surface area (Å²) in [6.45, 7) is 3.52. The molecular weight excluding hydrogens is 304 g/mol. The number of benzene rings is 1. The Kier molecular flexibility index (Phi) is 5.28. The maximum absolute atomic E-state index is 11.9. The van der Waals surface area contributed by atoms with E-state index in [0.717, 1.165) is 17.5 Å². The van der Waals surface area contributed by atoms with Crippen LogP contribution >= 0.6 is 0 Å². The third kappa shape index (κ3) is 4.26. The van der Waals surface area contributed by atoms with Gasteiger partial charge in [0.1, 0.15) is 5.69 Å². The van der Waals surface area contributed by atoms with Gasteiger partial charge in [-0.3, -0.25) is 14.9 Å². The van der Waals surface area contributed by atoms with E-state index in [2.05, 4.69) is 5.32 Å². The van der Waals surface area contributed by atoms with Crippen LogP contribution < -0.4 is 5.32 Å². The Morgan fingerprint density at radius 1 is 1.39 bits per heavy atom. The smallest absolute Gasteiger partial charge is 0.335 e. The van der Waals surface area contributed by atoms with Gasteiger partial charge in [0.25, 0.3) is 11.6 Å². The lowest BCUT2D eigenvalue weighted by atomic mass is 10.1. The molecule has 2 rings (SSSR count). The van der Waals surface area contributed by atoms with E-state index in [1.165, 1.54) is 12.1 Å². The van der Waals surface area contributed by atoms with Crippen LogP contribution in [-0.2, 0) is 19.1 Å². The van der Waals surface area contributed by atoms with E-state index in [-0.39, 0.29) is 11.4 Å². The molecule has 1 heterocycles. The molecule has 8 heteroatoms. The van der Waals surface area contributed by atoms with E-state index in [9.17, 15) is 19.7 Å². The maximum Gasteiger partial charge on any atom is 0.335 e. The van der Waals surface area contributed by atoms with Crippen molar-refractivity contribution in [1.29, 1.82) is 0 Å². The molecule has 1 aromatic carbocycles. The highest BCUT2D eigenvalue weighted by atomic mass is 16.6. The van der Waals surface area contributed by atoms with Gasteiger partial charge in [-0.2, -0.15) is 0 Å². The monoisotopic (exact) mass is 322 g/mol. The Bertz CT molecular complexity index is 637. The molecule has 23 heavy (non-hydrogen) atoms. The predicted octanol–water partition coefficient (Wildman–Crippen LogP) is 1.87. The number of anilines is 1. The van der Waals surface area contributed by atoms with E-state index in [4.69, 9.17) is 9.47 Å². The SMILES string of the molecule is Cc1cc(NC(=O)COC(=O)[C@@H]2CCCO2)c([N+](=O)[O-])cc1C. The van der Waals surface area contributed by atoms with Crippen molar-refractivity contribution in [2.75, 3.05) is 18.5 Å². The first-order valence-electron chi connectivity index (χ1n) is 7.22. The summed E-state index contributed by atoms with van der Waals surface area (Å²) in [5.41, 5.74) is 1.44. The summed E-state index contributed by atoms with van der Waals surface area (Å²) in [5, 5.41) is 13.5. The van der Waals surface area contributed by atoms with Crippen LogP contribution in [0.25, 0.3) is 0 Å². The summed E-state index contributed by atoms with van der Waals surface area (Å²) in [6.07, 6.45) is 0.725. The van der Waals surface area contributed by atoms with Crippen molar-refractivity contribution < 1.29 is 24.0 Å². The third-order valence-corrected chi connectivity index (χ3v) is 3.62. The molecule has 1 aliphatic heterocycles. The summed E-state index contributed by atoms with van der Waals surface area (Å²) >= 11 is 0. The van der Waals surface area contributed by atoms with Gasteiger partial charge in [-0.15, -0.1) is 0 Å². The molecule has 0 radical (unpaired) electrons. The molecule has 1 N–H and O–H groups in total. The largest absolute Gasteiger partial charge is 0.454 e. The number of hydrogen-bond acceptors (Lipinski definition) is 6. The number of aryl methyl sites for hydroxylation is 2. The second kappa shape index (κ2) is 7.19. The van der Waals surface area contributed by atoms with Crippen LogP contribution in [-0.4, -0.2) is 36.1 Å². The average molecular weight is 322 g/mol. The minimum atomic E-state index is -0.636. The summed E-state index contributed by atoms with van der Waals surface area (Å²) < 4.78 is 10.0. The number of rotatable bonds is 5. The molecule has 8 nitrogen and oxygen atoms in total. The minimum absolute atomic E-state index is 0.0799. The summed E-state index contributed by atoms with van der Waals surface area (Å²) in [6, 6.07) is 2.91. The van der Waals surface area contributed by atoms with Crippen molar-refractivity contribution in [1.82, 2.24) is 0 Å². The van der Waals surface area contributed by atoms with E-state index in [1.54, 1.807) is 13.8 Å². The minimum Gasteiger partial charge on any atom is -0.454 e. The van der Waals surface area contributed by atoms with Gasteiger partial charge in [0.15, 0.2) is 12.7 Å². The highest BCUT2D eigenvalue weighted by molar-refractivity contribution is 5.95. The normalized spacial score (nSPS) is 16.9. The van der Waals surface area contributed by atoms with Crippen LogP contribution in [0.15, 0.2) is 12.1 Å². The highest BCUT2D eigenvalue weighted by Crippen LogP contribution is 2.27. The first-order chi connectivity index (χ1) is 10.9. The molecule has 0 unspecified atom stereocenters.